The van der Waals surface area contributed by atoms with E-state index in [1.54, 1.807) is 19.2 Å². The van der Waals surface area contributed by atoms with Crippen LogP contribution < -0.4 is 10.6 Å². The minimum Gasteiger partial charge on any atom is -0.383 e. The van der Waals surface area contributed by atoms with Gasteiger partial charge in [-0.05, 0) is 36.5 Å². The zero-order chi connectivity index (χ0) is 14.4. The van der Waals surface area contributed by atoms with Crippen molar-refractivity contribution < 1.29 is 13.9 Å². The number of ether oxygens (including phenoxy) is 1. The Bertz CT molecular complexity index is 432. The third-order valence-electron chi connectivity index (χ3n) is 3.43. The Morgan fingerprint density at radius 2 is 2.10 bits per heavy atom. The van der Waals surface area contributed by atoms with Crippen molar-refractivity contribution in [2.24, 2.45) is 5.92 Å². The number of carbonyl (C=O) groups excluding carboxylic acids is 1. The zero-order valence-corrected chi connectivity index (χ0v) is 11.7. The van der Waals surface area contributed by atoms with Gasteiger partial charge in [-0.2, -0.15) is 0 Å². The van der Waals surface area contributed by atoms with E-state index in [-0.39, 0.29) is 24.3 Å². The summed E-state index contributed by atoms with van der Waals surface area (Å²) in [4.78, 5) is 11.7. The zero-order valence-electron chi connectivity index (χ0n) is 11.7. The molecule has 1 unspecified atom stereocenters. The van der Waals surface area contributed by atoms with E-state index in [2.05, 4.69) is 10.6 Å². The summed E-state index contributed by atoms with van der Waals surface area (Å²) < 4.78 is 17.8. The average molecular weight is 280 g/mol. The van der Waals surface area contributed by atoms with Crippen LogP contribution in [0.1, 0.15) is 24.4 Å². The molecule has 2 N–H and O–H groups in total. The lowest BCUT2D eigenvalue weighted by molar-refractivity contribution is -0.120. The predicted molar refractivity (Wildman–Crippen MR) is 74.8 cm³/mol. The molecule has 0 spiro atoms. The van der Waals surface area contributed by atoms with Crippen molar-refractivity contribution in [2.45, 2.75) is 18.9 Å². The van der Waals surface area contributed by atoms with Gasteiger partial charge in [-0.15, -0.1) is 0 Å². The van der Waals surface area contributed by atoms with Crippen LogP contribution in [0.25, 0.3) is 0 Å². The Balaban J connectivity index is 1.84. The van der Waals surface area contributed by atoms with Crippen molar-refractivity contribution in [3.05, 3.63) is 35.6 Å². The number of carbonyl (C=O) groups is 1. The maximum absolute atomic E-state index is 13.0. The van der Waals surface area contributed by atoms with Crippen molar-refractivity contribution >= 4 is 5.91 Å². The van der Waals surface area contributed by atoms with E-state index in [9.17, 15) is 9.18 Å². The van der Waals surface area contributed by atoms with Crippen LogP contribution >= 0.6 is 0 Å². The van der Waals surface area contributed by atoms with Crippen LogP contribution in [-0.4, -0.2) is 32.7 Å². The van der Waals surface area contributed by atoms with Gasteiger partial charge in [0.25, 0.3) is 0 Å². The molecule has 1 aliphatic carbocycles. The molecule has 0 heterocycles. The fourth-order valence-electron chi connectivity index (χ4n) is 2.21. The molecule has 1 fully saturated rings. The van der Waals surface area contributed by atoms with Gasteiger partial charge in [0.05, 0.1) is 13.2 Å². The highest BCUT2D eigenvalue weighted by Gasteiger charge is 2.32. The number of amides is 1. The monoisotopic (exact) mass is 280 g/mol. The molecule has 0 saturated heterocycles. The molecule has 4 nitrogen and oxygen atoms in total. The van der Waals surface area contributed by atoms with Gasteiger partial charge in [-0.25, -0.2) is 4.39 Å². The number of hydrogen-bond donors (Lipinski definition) is 2. The lowest BCUT2D eigenvalue weighted by Gasteiger charge is -2.18. The van der Waals surface area contributed by atoms with Crippen LogP contribution in [0.3, 0.4) is 0 Å². The summed E-state index contributed by atoms with van der Waals surface area (Å²) in [6.45, 7) is 1.29. The Morgan fingerprint density at radius 3 is 2.70 bits per heavy atom. The molecule has 0 aliphatic heterocycles. The van der Waals surface area contributed by atoms with Gasteiger partial charge >= 0.3 is 0 Å². The molecule has 0 bridgehead atoms. The van der Waals surface area contributed by atoms with Gasteiger partial charge in [0, 0.05) is 19.7 Å². The third-order valence-corrected chi connectivity index (χ3v) is 3.43. The molecule has 5 heteroatoms. The number of hydrogen-bond acceptors (Lipinski definition) is 3. The topological polar surface area (TPSA) is 50.4 Å². The molecule has 0 radical (unpaired) electrons. The van der Waals surface area contributed by atoms with E-state index in [0.29, 0.717) is 19.1 Å². The molecular formula is C15H21FN2O2. The first-order valence-corrected chi connectivity index (χ1v) is 6.95. The molecule has 1 saturated carbocycles. The second-order valence-electron chi connectivity index (χ2n) is 5.09. The van der Waals surface area contributed by atoms with E-state index >= 15 is 0 Å². The summed E-state index contributed by atoms with van der Waals surface area (Å²) in [5.74, 6) is 0.266. The van der Waals surface area contributed by atoms with Gasteiger partial charge in [-0.3, -0.25) is 4.79 Å². The minimum atomic E-state index is -0.236. The summed E-state index contributed by atoms with van der Waals surface area (Å²) >= 11 is 0. The van der Waals surface area contributed by atoms with Crippen LogP contribution in [0.2, 0.25) is 0 Å². The smallest absolute Gasteiger partial charge is 0.234 e. The summed E-state index contributed by atoms with van der Waals surface area (Å²) in [5, 5.41) is 6.04. The first-order chi connectivity index (χ1) is 9.70. The lowest BCUT2D eigenvalue weighted by atomic mass is 10.0. The normalized spacial score (nSPS) is 15.9. The molecule has 1 amide bonds. The van der Waals surface area contributed by atoms with Crippen LogP contribution in [0.15, 0.2) is 24.3 Å². The van der Waals surface area contributed by atoms with Crippen LogP contribution in [0, 0.1) is 11.7 Å². The Kier molecular flexibility index (Phi) is 5.49. The second kappa shape index (κ2) is 7.36. The standard InChI is InChI=1S/C15H21FN2O2/c1-20-9-8-17-14(19)10-18-15(11-2-3-11)12-4-6-13(16)7-5-12/h4-7,11,15,18H,2-3,8-10H2,1H3,(H,17,19). The summed E-state index contributed by atoms with van der Waals surface area (Å²) in [6.07, 6.45) is 2.31. The molecule has 1 aliphatic rings. The van der Waals surface area contributed by atoms with E-state index in [1.165, 1.54) is 12.1 Å². The highest BCUT2D eigenvalue weighted by molar-refractivity contribution is 5.78. The first-order valence-electron chi connectivity index (χ1n) is 6.95. The van der Waals surface area contributed by atoms with E-state index in [4.69, 9.17) is 4.74 Å². The van der Waals surface area contributed by atoms with Gasteiger partial charge < -0.3 is 15.4 Å². The molecular weight excluding hydrogens is 259 g/mol. The highest BCUT2D eigenvalue weighted by atomic mass is 19.1. The summed E-state index contributed by atoms with van der Waals surface area (Å²) in [5.41, 5.74) is 1.04. The van der Waals surface area contributed by atoms with E-state index < -0.39 is 0 Å². The number of nitrogens with one attached hydrogen (secondary N) is 2. The quantitative estimate of drug-likeness (QED) is 0.712. The van der Waals surface area contributed by atoms with Crippen molar-refractivity contribution in [3.63, 3.8) is 0 Å². The fourth-order valence-corrected chi connectivity index (χ4v) is 2.21. The van der Waals surface area contributed by atoms with Gasteiger partial charge in [0.1, 0.15) is 5.82 Å². The van der Waals surface area contributed by atoms with Crippen molar-refractivity contribution in [2.75, 3.05) is 26.8 Å². The largest absolute Gasteiger partial charge is 0.383 e. The number of rotatable bonds is 8. The first kappa shape index (κ1) is 14.9. The predicted octanol–water partition coefficient (Wildman–Crippen LogP) is 1.63. The van der Waals surface area contributed by atoms with Gasteiger partial charge in [0.15, 0.2) is 0 Å². The van der Waals surface area contributed by atoms with E-state index in [1.807, 2.05) is 0 Å². The SMILES string of the molecule is COCCNC(=O)CNC(c1ccc(F)cc1)C1CC1. The maximum atomic E-state index is 13.0. The van der Waals surface area contributed by atoms with Crippen LogP contribution in [0.5, 0.6) is 0 Å². The van der Waals surface area contributed by atoms with Crippen LogP contribution in [-0.2, 0) is 9.53 Å². The third kappa shape index (κ3) is 4.58. The molecule has 1 aromatic rings. The summed E-state index contributed by atoms with van der Waals surface area (Å²) in [6, 6.07) is 6.63. The molecule has 1 aromatic carbocycles. The van der Waals surface area contributed by atoms with Crippen LogP contribution in [0.4, 0.5) is 4.39 Å². The number of benzene rings is 1. The van der Waals surface area contributed by atoms with E-state index in [0.717, 1.165) is 18.4 Å². The molecule has 0 aromatic heterocycles. The number of methoxy groups -OCH3 is 1. The average Bonchev–Trinajstić information content (AvgIpc) is 3.26. The van der Waals surface area contributed by atoms with Crippen molar-refractivity contribution in [3.8, 4) is 0 Å². The molecule has 20 heavy (non-hydrogen) atoms. The van der Waals surface area contributed by atoms with Gasteiger partial charge in [-0.1, -0.05) is 12.1 Å². The lowest BCUT2D eigenvalue weighted by Crippen LogP contribution is -2.37. The molecule has 1 atom stereocenters. The van der Waals surface area contributed by atoms with Crippen molar-refractivity contribution in [1.29, 1.82) is 0 Å². The van der Waals surface area contributed by atoms with Crippen molar-refractivity contribution in [1.82, 2.24) is 10.6 Å². The second-order valence-corrected chi connectivity index (χ2v) is 5.09. The molecule has 2 rings (SSSR count). The molecule has 110 valence electrons. The fraction of sp³-hybridized carbons (Fsp3) is 0.533. The Morgan fingerprint density at radius 1 is 1.40 bits per heavy atom. The number of halogens is 1. The Hall–Kier alpha value is -1.46. The highest BCUT2D eigenvalue weighted by Crippen LogP contribution is 2.40. The van der Waals surface area contributed by atoms with Gasteiger partial charge in [0.2, 0.25) is 5.91 Å². The minimum absolute atomic E-state index is 0.0465. The maximum Gasteiger partial charge on any atom is 0.234 e. The summed E-state index contributed by atoms with van der Waals surface area (Å²) in [7, 11) is 1.60. The Labute approximate surface area is 118 Å².